The summed E-state index contributed by atoms with van der Waals surface area (Å²) in [5.41, 5.74) is 1.78. The summed E-state index contributed by atoms with van der Waals surface area (Å²) in [6.07, 6.45) is 3.17. The number of methoxy groups -OCH3 is 1. The number of hydrogen-bond donors (Lipinski definition) is 0. The molecule has 0 bridgehead atoms. The fraction of sp³-hybridized carbons (Fsp3) is 0.0909. The second kappa shape index (κ2) is 4.28. The Hall–Kier alpha value is -1.61. The van der Waals surface area contributed by atoms with Crippen molar-refractivity contribution in [2.75, 3.05) is 7.11 Å². The van der Waals surface area contributed by atoms with Gasteiger partial charge in [-0.25, -0.2) is 4.98 Å². The predicted octanol–water partition coefficient (Wildman–Crippen LogP) is 2.81. The van der Waals surface area contributed by atoms with Crippen LogP contribution in [0.5, 0.6) is 5.75 Å². The van der Waals surface area contributed by atoms with Gasteiger partial charge in [-0.2, -0.15) is 0 Å². The van der Waals surface area contributed by atoms with Gasteiger partial charge in [0.25, 0.3) is 0 Å². The Bertz CT molecular complexity index is 439. The summed E-state index contributed by atoms with van der Waals surface area (Å²) in [6, 6.07) is 7.62. The largest absolute Gasteiger partial charge is 0.497 e. The number of rotatable bonds is 2. The molecule has 0 aliphatic rings. The third kappa shape index (κ3) is 2.25. The van der Waals surface area contributed by atoms with Crippen LogP contribution in [-0.2, 0) is 0 Å². The first-order valence-electron chi connectivity index (χ1n) is 4.41. The van der Waals surface area contributed by atoms with Crippen LogP contribution in [0.15, 0.2) is 36.7 Å². The first-order chi connectivity index (χ1) is 7.29. The molecule has 0 aliphatic carbocycles. The highest BCUT2D eigenvalue weighted by molar-refractivity contribution is 6.29. The minimum absolute atomic E-state index is 0.396. The molecule has 0 amide bonds. The average Bonchev–Trinajstić information content (AvgIpc) is 2.30. The zero-order valence-electron chi connectivity index (χ0n) is 8.14. The van der Waals surface area contributed by atoms with Gasteiger partial charge in [-0.05, 0) is 24.3 Å². The van der Waals surface area contributed by atoms with Crippen LogP contribution in [0.4, 0.5) is 0 Å². The Balaban J connectivity index is 2.33. The monoisotopic (exact) mass is 220 g/mol. The fourth-order valence-electron chi connectivity index (χ4n) is 1.22. The molecule has 0 aliphatic heterocycles. The van der Waals surface area contributed by atoms with Gasteiger partial charge in [0.2, 0.25) is 0 Å². The van der Waals surface area contributed by atoms with E-state index in [1.54, 1.807) is 13.3 Å². The van der Waals surface area contributed by atoms with Gasteiger partial charge < -0.3 is 4.74 Å². The molecule has 76 valence electrons. The molecule has 2 rings (SSSR count). The maximum atomic E-state index is 5.65. The predicted molar refractivity (Wildman–Crippen MR) is 59.0 cm³/mol. The number of ether oxygens (including phenoxy) is 1. The molecular formula is C11H9ClN2O. The Morgan fingerprint density at radius 3 is 2.33 bits per heavy atom. The normalized spacial score (nSPS) is 10.0. The first kappa shape index (κ1) is 9.93. The van der Waals surface area contributed by atoms with E-state index in [1.807, 2.05) is 24.3 Å². The maximum absolute atomic E-state index is 5.65. The molecule has 0 saturated carbocycles. The molecule has 1 aromatic heterocycles. The summed E-state index contributed by atoms with van der Waals surface area (Å²) in [7, 11) is 1.64. The lowest BCUT2D eigenvalue weighted by atomic mass is 10.1. The molecule has 0 fully saturated rings. The van der Waals surface area contributed by atoms with Crippen LogP contribution in [0.25, 0.3) is 11.3 Å². The number of halogens is 1. The summed E-state index contributed by atoms with van der Waals surface area (Å²) in [5.74, 6) is 0.820. The Morgan fingerprint density at radius 1 is 1.07 bits per heavy atom. The third-order valence-corrected chi connectivity index (χ3v) is 2.20. The molecule has 0 N–H and O–H groups in total. The number of benzene rings is 1. The van der Waals surface area contributed by atoms with E-state index < -0.39 is 0 Å². The molecule has 1 heterocycles. The fourth-order valence-corrected chi connectivity index (χ4v) is 1.32. The molecule has 0 unspecified atom stereocenters. The van der Waals surface area contributed by atoms with Crippen molar-refractivity contribution in [3.8, 4) is 17.0 Å². The van der Waals surface area contributed by atoms with Crippen LogP contribution in [0.3, 0.4) is 0 Å². The SMILES string of the molecule is COc1ccc(-c2cnc(Cl)cn2)cc1. The van der Waals surface area contributed by atoms with Crippen molar-refractivity contribution >= 4 is 11.6 Å². The van der Waals surface area contributed by atoms with E-state index >= 15 is 0 Å². The van der Waals surface area contributed by atoms with Gasteiger partial charge in [-0.1, -0.05) is 11.6 Å². The van der Waals surface area contributed by atoms with Crippen LogP contribution in [0.2, 0.25) is 5.15 Å². The summed E-state index contributed by atoms with van der Waals surface area (Å²) < 4.78 is 5.07. The zero-order valence-corrected chi connectivity index (χ0v) is 8.90. The van der Waals surface area contributed by atoms with Crippen molar-refractivity contribution in [1.29, 1.82) is 0 Å². The summed E-state index contributed by atoms with van der Waals surface area (Å²) in [5, 5.41) is 0.396. The molecule has 0 radical (unpaired) electrons. The molecule has 2 aromatic rings. The lowest BCUT2D eigenvalue weighted by Gasteiger charge is -2.02. The topological polar surface area (TPSA) is 35.0 Å². The Kier molecular flexibility index (Phi) is 2.83. The van der Waals surface area contributed by atoms with Crippen molar-refractivity contribution in [2.24, 2.45) is 0 Å². The second-order valence-electron chi connectivity index (χ2n) is 2.95. The molecule has 1 aromatic carbocycles. The Morgan fingerprint density at radius 2 is 1.80 bits per heavy atom. The zero-order chi connectivity index (χ0) is 10.7. The molecule has 4 heteroatoms. The van der Waals surface area contributed by atoms with E-state index in [2.05, 4.69) is 9.97 Å². The van der Waals surface area contributed by atoms with E-state index in [4.69, 9.17) is 16.3 Å². The van der Waals surface area contributed by atoms with E-state index in [0.29, 0.717) is 5.15 Å². The third-order valence-electron chi connectivity index (χ3n) is 2.01. The van der Waals surface area contributed by atoms with Crippen LogP contribution in [-0.4, -0.2) is 17.1 Å². The van der Waals surface area contributed by atoms with Crippen molar-refractivity contribution in [3.63, 3.8) is 0 Å². The van der Waals surface area contributed by atoms with Crippen LogP contribution >= 0.6 is 11.6 Å². The van der Waals surface area contributed by atoms with E-state index in [9.17, 15) is 0 Å². The van der Waals surface area contributed by atoms with E-state index in [-0.39, 0.29) is 0 Å². The van der Waals surface area contributed by atoms with E-state index in [0.717, 1.165) is 17.0 Å². The quantitative estimate of drug-likeness (QED) is 0.781. The molecule has 3 nitrogen and oxygen atoms in total. The van der Waals surface area contributed by atoms with Crippen LogP contribution in [0.1, 0.15) is 0 Å². The van der Waals surface area contributed by atoms with Gasteiger partial charge in [0, 0.05) is 5.56 Å². The standard InChI is InChI=1S/C11H9ClN2O/c1-15-9-4-2-8(3-5-9)10-6-14-11(12)7-13-10/h2-7H,1H3. The number of nitrogens with zero attached hydrogens (tertiary/aromatic N) is 2. The van der Waals surface area contributed by atoms with Crippen LogP contribution < -0.4 is 4.74 Å². The van der Waals surface area contributed by atoms with Crippen molar-refractivity contribution in [1.82, 2.24) is 9.97 Å². The number of aromatic nitrogens is 2. The van der Waals surface area contributed by atoms with Crippen molar-refractivity contribution in [3.05, 3.63) is 41.8 Å². The highest BCUT2D eigenvalue weighted by atomic mass is 35.5. The second-order valence-corrected chi connectivity index (χ2v) is 3.34. The lowest BCUT2D eigenvalue weighted by molar-refractivity contribution is 0.415. The molecular weight excluding hydrogens is 212 g/mol. The molecule has 0 saturated heterocycles. The highest BCUT2D eigenvalue weighted by Gasteiger charge is 1.99. The smallest absolute Gasteiger partial charge is 0.147 e. The lowest BCUT2D eigenvalue weighted by Crippen LogP contribution is -1.86. The van der Waals surface area contributed by atoms with Crippen LogP contribution in [0, 0.1) is 0 Å². The minimum Gasteiger partial charge on any atom is -0.497 e. The van der Waals surface area contributed by atoms with Gasteiger partial charge in [0.15, 0.2) is 0 Å². The van der Waals surface area contributed by atoms with Gasteiger partial charge in [-0.15, -0.1) is 0 Å². The minimum atomic E-state index is 0.396. The van der Waals surface area contributed by atoms with Gasteiger partial charge >= 0.3 is 0 Å². The molecule has 0 atom stereocenters. The molecule has 0 spiro atoms. The summed E-state index contributed by atoms with van der Waals surface area (Å²) in [4.78, 5) is 8.14. The van der Waals surface area contributed by atoms with Crippen molar-refractivity contribution < 1.29 is 4.74 Å². The number of hydrogen-bond acceptors (Lipinski definition) is 3. The summed E-state index contributed by atoms with van der Waals surface area (Å²) >= 11 is 5.65. The summed E-state index contributed by atoms with van der Waals surface area (Å²) in [6.45, 7) is 0. The van der Waals surface area contributed by atoms with Crippen molar-refractivity contribution in [2.45, 2.75) is 0 Å². The Labute approximate surface area is 92.7 Å². The first-order valence-corrected chi connectivity index (χ1v) is 4.79. The maximum Gasteiger partial charge on any atom is 0.147 e. The average molecular weight is 221 g/mol. The molecule has 15 heavy (non-hydrogen) atoms. The van der Waals surface area contributed by atoms with Gasteiger partial charge in [0.1, 0.15) is 10.9 Å². The van der Waals surface area contributed by atoms with Gasteiger partial charge in [0.05, 0.1) is 25.2 Å². The van der Waals surface area contributed by atoms with E-state index in [1.165, 1.54) is 6.20 Å². The highest BCUT2D eigenvalue weighted by Crippen LogP contribution is 2.20. The van der Waals surface area contributed by atoms with Gasteiger partial charge in [-0.3, -0.25) is 4.98 Å².